The number of piperidine rings is 1. The number of nitrogens with zero attached hydrogens (tertiary/aromatic N) is 10. The van der Waals surface area contributed by atoms with Crippen LogP contribution in [0.1, 0.15) is 115 Å². The lowest BCUT2D eigenvalue weighted by molar-refractivity contribution is 0.0447. The van der Waals surface area contributed by atoms with Gasteiger partial charge in [0.2, 0.25) is 0 Å². The lowest BCUT2D eigenvalue weighted by Gasteiger charge is -2.37. The zero-order valence-electron chi connectivity index (χ0n) is 48.3. The van der Waals surface area contributed by atoms with Gasteiger partial charge in [-0.3, -0.25) is 14.9 Å². The minimum absolute atomic E-state index is 0.0570. The Bertz CT molecular complexity index is 3880. The van der Waals surface area contributed by atoms with Crippen LogP contribution in [0.4, 0.5) is 29.2 Å². The first-order valence-electron chi connectivity index (χ1n) is 30.1. The third kappa shape index (κ3) is 10.3. The second-order valence-electron chi connectivity index (χ2n) is 24.9. The molecule has 8 heterocycles. The zero-order valence-corrected chi connectivity index (χ0v) is 48.3. The number of ether oxygens (including phenoxy) is 2. The molecule has 1 aliphatic carbocycles. The van der Waals surface area contributed by atoms with E-state index in [1.807, 2.05) is 25.8 Å². The van der Waals surface area contributed by atoms with Crippen molar-refractivity contribution in [2.75, 3.05) is 75.9 Å². The van der Waals surface area contributed by atoms with Crippen LogP contribution >= 0.6 is 0 Å². The minimum atomic E-state index is -1.04. The number of aliphatic hydroxyl groups is 1. The first kappa shape index (κ1) is 55.9. The molecule has 13 rings (SSSR count). The molecule has 0 bridgehead atoms. The summed E-state index contributed by atoms with van der Waals surface area (Å²) < 4.78 is 80.2. The summed E-state index contributed by atoms with van der Waals surface area (Å²) in [5.74, 6) is -1.75. The van der Waals surface area contributed by atoms with E-state index in [2.05, 4.69) is 24.7 Å². The number of anilines is 2. The fourth-order valence-electron chi connectivity index (χ4n) is 14.4. The van der Waals surface area contributed by atoms with Gasteiger partial charge in [0, 0.05) is 68.2 Å². The van der Waals surface area contributed by atoms with Gasteiger partial charge in [0.05, 0.1) is 28.5 Å². The van der Waals surface area contributed by atoms with Crippen molar-refractivity contribution in [1.82, 2.24) is 39.7 Å². The summed E-state index contributed by atoms with van der Waals surface area (Å²) in [4.78, 5) is 37.3. The number of aromatic nitrogens is 6. The topological polar surface area (TPSA) is 169 Å². The summed E-state index contributed by atoms with van der Waals surface area (Å²) in [5, 5.41) is 36.3. The predicted molar refractivity (Wildman–Crippen MR) is 317 cm³/mol. The first-order valence-corrected chi connectivity index (χ1v) is 30.1. The van der Waals surface area contributed by atoms with Gasteiger partial charge in [0.1, 0.15) is 63.8 Å². The Labute approximate surface area is 485 Å². The van der Waals surface area contributed by atoms with Crippen molar-refractivity contribution >= 4 is 55.0 Å². The molecule has 1 atom stereocenters. The molecule has 4 aromatic carbocycles. The van der Waals surface area contributed by atoms with Crippen LogP contribution in [0.25, 0.3) is 65.9 Å². The van der Waals surface area contributed by atoms with Crippen LogP contribution in [-0.2, 0) is 19.4 Å². The largest absolute Gasteiger partial charge is 0.508 e. The number of aryl methyl sites for hydroxylation is 2. The standard InChI is InChI=1S/C65H72F4N10O5/c1-5-42-49(66)15-14-38-26-40(80)29-45(51(38)42)55-53(68)58-48(32-70-55)60(78-23-11-16-63(3,82)34-78)75-61(72-58)83-36-64(19-20-64)35-76(4)33-39-27-50(67)43(6-2)52-44(39)28-41(81)30-46(52)56-54(69)57-47(31-71-56)59(77-21-9-7-8-10-22-77)74-62(73-57)84-37-65-17-12-24-79(65)25-13-18-65/h14-15,26-32,80-82H,5-13,16-25,33-37H2,1-4H3/t63-/m1/s1. The first-order chi connectivity index (χ1) is 40.5. The molecule has 19 heteroatoms. The van der Waals surface area contributed by atoms with Gasteiger partial charge < -0.3 is 39.5 Å². The highest BCUT2D eigenvalue weighted by Gasteiger charge is 2.46. The molecule has 1 saturated carbocycles. The number of hydrogen-bond donors (Lipinski definition) is 3. The van der Waals surface area contributed by atoms with E-state index in [9.17, 15) is 15.3 Å². The number of pyridine rings is 2. The summed E-state index contributed by atoms with van der Waals surface area (Å²) >= 11 is 0. The Kier molecular flexibility index (Phi) is 14.7. The molecule has 4 aliphatic heterocycles. The Morgan fingerprint density at radius 2 is 1.18 bits per heavy atom. The van der Waals surface area contributed by atoms with Crippen molar-refractivity contribution in [2.45, 2.75) is 128 Å². The molecule has 5 fully saturated rings. The Balaban J connectivity index is 0.812. The van der Waals surface area contributed by atoms with Crippen LogP contribution in [0.2, 0.25) is 0 Å². The minimum Gasteiger partial charge on any atom is -0.508 e. The number of β-amino-alcohol motifs (C(OH)–C–C–N with tert-alkyl or cyclic N) is 1. The van der Waals surface area contributed by atoms with Gasteiger partial charge in [-0.1, -0.05) is 32.8 Å². The molecule has 0 unspecified atom stereocenters. The highest BCUT2D eigenvalue weighted by atomic mass is 19.1. The predicted octanol–water partition coefficient (Wildman–Crippen LogP) is 12.1. The summed E-state index contributed by atoms with van der Waals surface area (Å²) in [6.07, 6.45) is 14.9. The SMILES string of the molecule is CCc1c(F)ccc2cc(O)cc(-c3ncc4c(N5CCC[C@@](C)(O)C5)nc(OCC5(CN(C)Cc6cc(F)c(CC)c7c(-c8ncc9c(N%10CCCCCC%10)nc(OCC%10%11CCCN%10CCC%11)nc9c8F)cc(O)cc67)CC5)nc4c3F)c12. The van der Waals surface area contributed by atoms with Crippen molar-refractivity contribution in [2.24, 2.45) is 5.41 Å². The summed E-state index contributed by atoms with van der Waals surface area (Å²) in [6.45, 7) is 11.1. The Morgan fingerprint density at radius 1 is 0.607 bits per heavy atom. The van der Waals surface area contributed by atoms with Crippen LogP contribution in [0.5, 0.6) is 23.5 Å². The monoisotopic (exact) mass is 1150 g/mol. The van der Waals surface area contributed by atoms with Crippen molar-refractivity contribution in [3.05, 3.63) is 94.8 Å². The van der Waals surface area contributed by atoms with Gasteiger partial charge in [0.25, 0.3) is 0 Å². The number of phenolic OH excluding ortho intramolecular Hbond substituents is 2. The van der Waals surface area contributed by atoms with E-state index >= 15 is 17.6 Å². The number of fused-ring (bicyclic) bond motifs is 5. The molecular weight excluding hydrogens is 1080 g/mol. The van der Waals surface area contributed by atoms with Gasteiger partial charge in [-0.25, -0.2) is 17.6 Å². The number of hydrogen-bond acceptors (Lipinski definition) is 15. The molecule has 440 valence electrons. The van der Waals surface area contributed by atoms with Gasteiger partial charge >= 0.3 is 12.0 Å². The molecule has 3 N–H and O–H groups in total. The van der Waals surface area contributed by atoms with Crippen LogP contribution in [0.15, 0.2) is 54.9 Å². The zero-order chi connectivity index (χ0) is 58.2. The molecule has 0 amide bonds. The van der Waals surface area contributed by atoms with Crippen LogP contribution in [0.3, 0.4) is 0 Å². The third-order valence-corrected chi connectivity index (χ3v) is 18.7. The van der Waals surface area contributed by atoms with Crippen molar-refractivity contribution in [3.63, 3.8) is 0 Å². The number of phenols is 2. The average molecular weight is 1150 g/mol. The summed E-state index contributed by atoms with van der Waals surface area (Å²) in [6, 6.07) is 10.4. The molecule has 15 nitrogen and oxygen atoms in total. The van der Waals surface area contributed by atoms with Crippen molar-refractivity contribution < 1.29 is 42.4 Å². The second kappa shape index (κ2) is 22.0. The Morgan fingerprint density at radius 3 is 1.80 bits per heavy atom. The van der Waals surface area contributed by atoms with Crippen LogP contribution in [0, 0.1) is 28.7 Å². The van der Waals surface area contributed by atoms with E-state index in [0.29, 0.717) is 99.6 Å². The van der Waals surface area contributed by atoms with Crippen molar-refractivity contribution in [3.8, 4) is 46.0 Å². The third-order valence-electron chi connectivity index (χ3n) is 18.7. The smallest absolute Gasteiger partial charge is 0.319 e. The van der Waals surface area contributed by atoms with E-state index in [4.69, 9.17) is 29.4 Å². The molecule has 8 aromatic rings. The lowest BCUT2D eigenvalue weighted by atomic mass is 9.91. The van der Waals surface area contributed by atoms with E-state index in [1.54, 1.807) is 25.3 Å². The van der Waals surface area contributed by atoms with Gasteiger partial charge in [-0.05, 0) is 179 Å². The quantitative estimate of drug-likeness (QED) is 0.0781. The number of aromatic hydroxyl groups is 2. The molecule has 4 saturated heterocycles. The van der Waals surface area contributed by atoms with Gasteiger partial charge in [-0.2, -0.15) is 19.9 Å². The highest BCUT2D eigenvalue weighted by Crippen LogP contribution is 2.48. The molecule has 0 radical (unpaired) electrons. The number of halogens is 4. The van der Waals surface area contributed by atoms with Gasteiger partial charge in [-0.15, -0.1) is 0 Å². The van der Waals surface area contributed by atoms with E-state index < -0.39 is 34.3 Å². The molecular formula is C65H72F4N10O5. The summed E-state index contributed by atoms with van der Waals surface area (Å²) in [5.41, 5.74) is 0.0470. The fourth-order valence-corrected chi connectivity index (χ4v) is 14.4. The average Bonchev–Trinajstić information content (AvgIpc) is 1.63. The molecule has 5 aliphatic rings. The van der Waals surface area contributed by atoms with Crippen LogP contribution in [-0.4, -0.2) is 132 Å². The normalized spacial score (nSPS) is 19.7. The highest BCUT2D eigenvalue weighted by molar-refractivity contribution is 6.04. The lowest BCUT2D eigenvalue weighted by Crippen LogP contribution is -2.46. The Hall–Kier alpha value is -7.22. The maximum absolute atomic E-state index is 17.8. The second-order valence-corrected chi connectivity index (χ2v) is 24.9. The van der Waals surface area contributed by atoms with Gasteiger partial charge in [0.15, 0.2) is 11.6 Å². The van der Waals surface area contributed by atoms with Crippen LogP contribution < -0.4 is 19.3 Å². The fraction of sp³-hybridized carbons (Fsp3) is 0.477. The molecule has 0 spiro atoms. The van der Waals surface area contributed by atoms with E-state index in [-0.39, 0.29) is 88.7 Å². The maximum Gasteiger partial charge on any atom is 0.319 e. The maximum atomic E-state index is 17.8. The van der Waals surface area contributed by atoms with E-state index in [1.165, 1.54) is 36.5 Å². The number of benzene rings is 4. The summed E-state index contributed by atoms with van der Waals surface area (Å²) in [7, 11) is 1.93. The number of rotatable bonds is 16. The molecule has 4 aromatic heterocycles. The van der Waals surface area contributed by atoms with E-state index in [0.717, 1.165) is 90.4 Å². The van der Waals surface area contributed by atoms with Crippen molar-refractivity contribution in [1.29, 1.82) is 0 Å². The molecule has 84 heavy (non-hydrogen) atoms.